The SMILES string of the molecule is C=COCC1=CCCCCC1. The van der Waals surface area contributed by atoms with Gasteiger partial charge >= 0.3 is 0 Å². The molecule has 0 saturated heterocycles. The van der Waals surface area contributed by atoms with E-state index in [0.29, 0.717) is 0 Å². The van der Waals surface area contributed by atoms with Gasteiger partial charge in [-0.15, -0.1) is 0 Å². The van der Waals surface area contributed by atoms with Crippen molar-refractivity contribution in [3.8, 4) is 0 Å². The van der Waals surface area contributed by atoms with E-state index in [9.17, 15) is 0 Å². The van der Waals surface area contributed by atoms with Gasteiger partial charge in [0, 0.05) is 0 Å². The summed E-state index contributed by atoms with van der Waals surface area (Å²) in [5.41, 5.74) is 1.45. The van der Waals surface area contributed by atoms with E-state index in [1.807, 2.05) is 0 Å². The quantitative estimate of drug-likeness (QED) is 0.446. The Labute approximate surface area is 68.8 Å². The third-order valence-electron chi connectivity index (χ3n) is 2.02. The van der Waals surface area contributed by atoms with Crippen molar-refractivity contribution in [1.82, 2.24) is 0 Å². The molecule has 0 spiro atoms. The predicted molar refractivity (Wildman–Crippen MR) is 47.3 cm³/mol. The first-order chi connectivity index (χ1) is 5.43. The average Bonchev–Trinajstić information content (AvgIpc) is 2.28. The number of hydrogen-bond donors (Lipinski definition) is 0. The van der Waals surface area contributed by atoms with E-state index in [2.05, 4.69) is 12.7 Å². The Morgan fingerprint density at radius 2 is 2.36 bits per heavy atom. The Kier molecular flexibility index (Phi) is 3.81. The van der Waals surface area contributed by atoms with Crippen molar-refractivity contribution in [3.63, 3.8) is 0 Å². The molecule has 1 rings (SSSR count). The maximum absolute atomic E-state index is 5.12. The molecule has 1 aliphatic rings. The molecule has 1 heteroatoms. The molecule has 1 nitrogen and oxygen atoms in total. The van der Waals surface area contributed by atoms with E-state index < -0.39 is 0 Å². The zero-order valence-corrected chi connectivity index (χ0v) is 7.01. The lowest BCUT2D eigenvalue weighted by Crippen LogP contribution is -1.92. The molecule has 0 aromatic rings. The van der Waals surface area contributed by atoms with Crippen molar-refractivity contribution in [1.29, 1.82) is 0 Å². The fraction of sp³-hybridized carbons (Fsp3) is 0.600. The zero-order valence-electron chi connectivity index (χ0n) is 7.01. The van der Waals surface area contributed by atoms with Gasteiger partial charge in [-0.3, -0.25) is 0 Å². The van der Waals surface area contributed by atoms with Gasteiger partial charge in [-0.2, -0.15) is 0 Å². The number of rotatable bonds is 3. The maximum atomic E-state index is 5.12. The maximum Gasteiger partial charge on any atom is 0.108 e. The van der Waals surface area contributed by atoms with Crippen LogP contribution in [-0.4, -0.2) is 6.61 Å². The van der Waals surface area contributed by atoms with Crippen molar-refractivity contribution < 1.29 is 4.74 Å². The van der Waals surface area contributed by atoms with Crippen LogP contribution in [0, 0.1) is 0 Å². The van der Waals surface area contributed by atoms with Crippen LogP contribution in [0.15, 0.2) is 24.5 Å². The van der Waals surface area contributed by atoms with Gasteiger partial charge in [0.15, 0.2) is 0 Å². The van der Waals surface area contributed by atoms with Crippen LogP contribution in [0.5, 0.6) is 0 Å². The van der Waals surface area contributed by atoms with Gasteiger partial charge in [0.2, 0.25) is 0 Å². The van der Waals surface area contributed by atoms with E-state index in [-0.39, 0.29) is 0 Å². The predicted octanol–water partition coefficient (Wildman–Crippen LogP) is 3.04. The van der Waals surface area contributed by atoms with Crippen LogP contribution in [0.25, 0.3) is 0 Å². The number of allylic oxidation sites excluding steroid dienone is 1. The van der Waals surface area contributed by atoms with E-state index in [4.69, 9.17) is 4.74 Å². The van der Waals surface area contributed by atoms with E-state index in [1.54, 1.807) is 0 Å². The second-order valence-corrected chi connectivity index (χ2v) is 2.94. The molecular formula is C10H16O. The Morgan fingerprint density at radius 1 is 1.45 bits per heavy atom. The minimum Gasteiger partial charge on any atom is -0.497 e. The summed E-state index contributed by atoms with van der Waals surface area (Å²) in [7, 11) is 0. The molecule has 62 valence electrons. The first-order valence-electron chi connectivity index (χ1n) is 4.34. The Bertz CT molecular complexity index is 147. The van der Waals surface area contributed by atoms with Crippen molar-refractivity contribution in [3.05, 3.63) is 24.5 Å². The van der Waals surface area contributed by atoms with Gasteiger partial charge in [0.05, 0.1) is 6.26 Å². The molecule has 0 fully saturated rings. The summed E-state index contributed by atoms with van der Waals surface area (Å²) in [6, 6.07) is 0. The standard InChI is InChI=1S/C10H16O/c1-2-11-9-10-7-5-3-4-6-8-10/h2,7H,1,3-6,8-9H2. The summed E-state index contributed by atoms with van der Waals surface area (Å²) >= 11 is 0. The first-order valence-corrected chi connectivity index (χ1v) is 4.34. The lowest BCUT2D eigenvalue weighted by molar-refractivity contribution is 0.277. The van der Waals surface area contributed by atoms with Crippen LogP contribution in [0.3, 0.4) is 0 Å². The Hall–Kier alpha value is -0.720. The molecule has 0 bridgehead atoms. The van der Waals surface area contributed by atoms with Crippen LogP contribution in [0.1, 0.15) is 32.1 Å². The van der Waals surface area contributed by atoms with Gasteiger partial charge in [-0.1, -0.05) is 19.1 Å². The van der Waals surface area contributed by atoms with Crippen LogP contribution in [-0.2, 0) is 4.74 Å². The monoisotopic (exact) mass is 152 g/mol. The highest BCUT2D eigenvalue weighted by Crippen LogP contribution is 2.16. The molecule has 0 aromatic heterocycles. The first kappa shape index (κ1) is 8.38. The summed E-state index contributed by atoms with van der Waals surface area (Å²) in [4.78, 5) is 0. The van der Waals surface area contributed by atoms with Gasteiger partial charge in [0.1, 0.15) is 6.61 Å². The smallest absolute Gasteiger partial charge is 0.108 e. The molecule has 0 radical (unpaired) electrons. The lowest BCUT2D eigenvalue weighted by atomic mass is 10.1. The van der Waals surface area contributed by atoms with Gasteiger partial charge in [-0.05, 0) is 31.3 Å². The van der Waals surface area contributed by atoms with Gasteiger partial charge in [-0.25, -0.2) is 0 Å². The highest BCUT2D eigenvalue weighted by Gasteiger charge is 2.01. The summed E-state index contributed by atoms with van der Waals surface area (Å²) in [6.45, 7) is 4.27. The fourth-order valence-electron chi connectivity index (χ4n) is 1.38. The topological polar surface area (TPSA) is 9.23 Å². The van der Waals surface area contributed by atoms with Crippen LogP contribution >= 0.6 is 0 Å². The summed E-state index contributed by atoms with van der Waals surface area (Å²) in [6.07, 6.45) is 10.3. The molecule has 0 saturated carbocycles. The van der Waals surface area contributed by atoms with E-state index in [1.165, 1.54) is 43.9 Å². The molecule has 1 aliphatic carbocycles. The van der Waals surface area contributed by atoms with Crippen molar-refractivity contribution >= 4 is 0 Å². The fourth-order valence-corrected chi connectivity index (χ4v) is 1.38. The third-order valence-corrected chi connectivity index (χ3v) is 2.02. The normalized spacial score (nSPS) is 18.4. The summed E-state index contributed by atoms with van der Waals surface area (Å²) < 4.78 is 5.12. The molecule has 0 aromatic carbocycles. The molecule has 0 aliphatic heterocycles. The lowest BCUT2D eigenvalue weighted by Gasteiger charge is -2.03. The molecule has 11 heavy (non-hydrogen) atoms. The molecule has 0 unspecified atom stereocenters. The van der Waals surface area contributed by atoms with E-state index >= 15 is 0 Å². The van der Waals surface area contributed by atoms with Crippen molar-refractivity contribution in [2.45, 2.75) is 32.1 Å². The number of hydrogen-bond acceptors (Lipinski definition) is 1. The Morgan fingerprint density at radius 3 is 3.18 bits per heavy atom. The van der Waals surface area contributed by atoms with Gasteiger partial charge < -0.3 is 4.74 Å². The number of ether oxygens (including phenoxy) is 1. The molecule has 0 N–H and O–H groups in total. The highest BCUT2D eigenvalue weighted by molar-refractivity contribution is 5.04. The van der Waals surface area contributed by atoms with Crippen LogP contribution in [0.4, 0.5) is 0 Å². The summed E-state index contributed by atoms with van der Waals surface area (Å²) in [5.74, 6) is 0. The molecule has 0 heterocycles. The van der Waals surface area contributed by atoms with Crippen LogP contribution in [0.2, 0.25) is 0 Å². The minimum absolute atomic E-state index is 0.753. The van der Waals surface area contributed by atoms with Crippen molar-refractivity contribution in [2.75, 3.05) is 6.61 Å². The largest absolute Gasteiger partial charge is 0.497 e. The van der Waals surface area contributed by atoms with Crippen molar-refractivity contribution in [2.24, 2.45) is 0 Å². The molecule has 0 amide bonds. The second kappa shape index (κ2) is 5.00. The average molecular weight is 152 g/mol. The van der Waals surface area contributed by atoms with Crippen LogP contribution < -0.4 is 0 Å². The summed E-state index contributed by atoms with van der Waals surface area (Å²) in [5, 5.41) is 0. The minimum atomic E-state index is 0.753. The Balaban J connectivity index is 2.28. The van der Waals surface area contributed by atoms with E-state index in [0.717, 1.165) is 6.61 Å². The molecule has 0 atom stereocenters. The van der Waals surface area contributed by atoms with Gasteiger partial charge in [0.25, 0.3) is 0 Å². The zero-order chi connectivity index (χ0) is 7.94. The third kappa shape index (κ3) is 3.26. The molecular weight excluding hydrogens is 136 g/mol. The highest BCUT2D eigenvalue weighted by atomic mass is 16.5. The second-order valence-electron chi connectivity index (χ2n) is 2.94.